The molecule has 4 atom stereocenters. The highest BCUT2D eigenvalue weighted by Gasteiger charge is 2.51. The van der Waals surface area contributed by atoms with E-state index in [-0.39, 0.29) is 42.6 Å². The Bertz CT molecular complexity index is 1120. The van der Waals surface area contributed by atoms with Crippen molar-refractivity contribution in [1.29, 1.82) is 0 Å². The van der Waals surface area contributed by atoms with E-state index in [2.05, 4.69) is 12.2 Å². The first-order valence-corrected chi connectivity index (χ1v) is 13.5. The Morgan fingerprint density at radius 3 is 2.18 bits per heavy atom. The summed E-state index contributed by atoms with van der Waals surface area (Å²) in [6, 6.07) is 13.8. The van der Waals surface area contributed by atoms with Gasteiger partial charge in [-0.3, -0.25) is 14.5 Å². The van der Waals surface area contributed by atoms with Crippen LogP contribution in [0.1, 0.15) is 54.1 Å². The van der Waals surface area contributed by atoms with Crippen LogP contribution in [-0.2, 0) is 27.4 Å². The van der Waals surface area contributed by atoms with Gasteiger partial charge in [0.05, 0.1) is 24.7 Å². The number of ether oxygens (including phenoxy) is 2. The first kappa shape index (κ1) is 28.1. The highest BCUT2D eigenvalue weighted by Crippen LogP contribution is 2.38. The Hall–Kier alpha value is -2.94. The Labute approximate surface area is 229 Å². The van der Waals surface area contributed by atoms with Crippen molar-refractivity contribution in [3.05, 3.63) is 70.2 Å². The fourth-order valence-electron chi connectivity index (χ4n) is 5.35. The van der Waals surface area contributed by atoms with Gasteiger partial charge in [0.25, 0.3) is 5.91 Å². The molecule has 2 aliphatic rings. The van der Waals surface area contributed by atoms with Crippen molar-refractivity contribution >= 4 is 29.4 Å². The molecule has 0 spiro atoms. The summed E-state index contributed by atoms with van der Waals surface area (Å²) in [4.78, 5) is 43.0. The number of nitrogens with zero attached hydrogens (tertiary/aromatic N) is 2. The summed E-state index contributed by atoms with van der Waals surface area (Å²) in [5.41, 5.74) is 2.25. The Morgan fingerprint density at radius 1 is 0.947 bits per heavy atom. The molecule has 1 heterocycles. The Morgan fingerprint density at radius 2 is 1.55 bits per heavy atom. The molecule has 38 heavy (non-hydrogen) atoms. The molecule has 9 heteroatoms. The monoisotopic (exact) mass is 541 g/mol. The molecule has 4 unspecified atom stereocenters. The number of imide groups is 1. The van der Waals surface area contributed by atoms with E-state index < -0.39 is 5.92 Å². The molecule has 0 aromatic heterocycles. The standard InChI is InChI=1S/C29H36ClN3O5/c1-4-5-14-31-27(34)21-10-6-19(7-11-21)18-33-28(35)23-15-25(37-2)26(38-3)16-24(23)32(29(33)36)17-20-8-12-22(30)13-9-20/h6-13,23-26H,4-5,14-18H2,1-3H3,(H,31,34). The van der Waals surface area contributed by atoms with E-state index in [1.54, 1.807) is 55.5 Å². The van der Waals surface area contributed by atoms with Crippen molar-refractivity contribution in [2.24, 2.45) is 5.92 Å². The molecule has 1 saturated heterocycles. The van der Waals surface area contributed by atoms with Crippen LogP contribution in [0.25, 0.3) is 0 Å². The predicted octanol–water partition coefficient (Wildman–Crippen LogP) is 4.64. The van der Waals surface area contributed by atoms with Crippen LogP contribution in [-0.4, -0.2) is 66.7 Å². The average Bonchev–Trinajstić information content (AvgIpc) is 2.94. The van der Waals surface area contributed by atoms with Crippen molar-refractivity contribution in [3.8, 4) is 0 Å². The third-order valence-electron chi connectivity index (χ3n) is 7.54. The smallest absolute Gasteiger partial charge is 0.327 e. The van der Waals surface area contributed by atoms with E-state index in [1.165, 1.54) is 4.90 Å². The zero-order chi connectivity index (χ0) is 27.2. The van der Waals surface area contributed by atoms with E-state index in [1.807, 2.05) is 12.1 Å². The summed E-state index contributed by atoms with van der Waals surface area (Å²) in [6.07, 6.45) is 2.47. The number of methoxy groups -OCH3 is 2. The number of hydrogen-bond donors (Lipinski definition) is 1. The molecule has 0 radical (unpaired) electrons. The third kappa shape index (κ3) is 6.20. The van der Waals surface area contributed by atoms with Crippen molar-refractivity contribution in [2.45, 2.75) is 63.9 Å². The molecule has 4 amide bonds. The number of urea groups is 1. The highest BCUT2D eigenvalue weighted by atomic mass is 35.5. The molecular weight excluding hydrogens is 506 g/mol. The van der Waals surface area contributed by atoms with Crippen LogP contribution in [0.2, 0.25) is 5.02 Å². The van der Waals surface area contributed by atoms with Crippen LogP contribution in [0, 0.1) is 5.92 Å². The second-order valence-corrected chi connectivity index (χ2v) is 10.4. The summed E-state index contributed by atoms with van der Waals surface area (Å²) in [6.45, 7) is 3.18. The summed E-state index contributed by atoms with van der Waals surface area (Å²) in [7, 11) is 3.26. The maximum Gasteiger partial charge on any atom is 0.327 e. The largest absolute Gasteiger partial charge is 0.379 e. The van der Waals surface area contributed by atoms with Crippen LogP contribution in [0.5, 0.6) is 0 Å². The lowest BCUT2D eigenvalue weighted by molar-refractivity contribution is -0.152. The molecule has 2 fully saturated rings. The van der Waals surface area contributed by atoms with Crippen LogP contribution in [0.3, 0.4) is 0 Å². The Balaban J connectivity index is 1.56. The molecule has 204 valence electrons. The van der Waals surface area contributed by atoms with E-state index in [9.17, 15) is 14.4 Å². The van der Waals surface area contributed by atoms with Gasteiger partial charge in [0.2, 0.25) is 5.91 Å². The number of nitrogens with one attached hydrogen (secondary N) is 1. The number of amides is 4. The van der Waals surface area contributed by atoms with E-state index in [0.717, 1.165) is 24.0 Å². The zero-order valence-corrected chi connectivity index (χ0v) is 22.9. The molecule has 2 aromatic rings. The van der Waals surface area contributed by atoms with Crippen LogP contribution in [0.15, 0.2) is 48.5 Å². The van der Waals surface area contributed by atoms with Gasteiger partial charge in [0.1, 0.15) is 0 Å². The normalized spacial score (nSPS) is 23.4. The number of unbranched alkanes of at least 4 members (excludes halogenated alkanes) is 1. The minimum atomic E-state index is -0.403. The number of carbonyl (C=O) groups is 3. The second kappa shape index (κ2) is 12.7. The summed E-state index contributed by atoms with van der Waals surface area (Å²) in [5, 5.41) is 3.52. The molecule has 2 aromatic carbocycles. The summed E-state index contributed by atoms with van der Waals surface area (Å²) >= 11 is 6.07. The van der Waals surface area contributed by atoms with Gasteiger partial charge in [-0.2, -0.15) is 0 Å². The van der Waals surface area contributed by atoms with E-state index in [4.69, 9.17) is 21.1 Å². The quantitative estimate of drug-likeness (QED) is 0.443. The van der Waals surface area contributed by atoms with Gasteiger partial charge in [0, 0.05) is 43.9 Å². The number of halogens is 1. The molecule has 1 aliphatic heterocycles. The van der Waals surface area contributed by atoms with Gasteiger partial charge in [-0.15, -0.1) is 0 Å². The lowest BCUT2D eigenvalue weighted by Gasteiger charge is -2.50. The van der Waals surface area contributed by atoms with Crippen LogP contribution >= 0.6 is 11.6 Å². The lowest BCUT2D eigenvalue weighted by Crippen LogP contribution is -2.64. The minimum absolute atomic E-state index is 0.126. The van der Waals surface area contributed by atoms with Gasteiger partial charge in [0.15, 0.2) is 0 Å². The topological polar surface area (TPSA) is 88.2 Å². The maximum atomic E-state index is 13.8. The SMILES string of the molecule is CCCCNC(=O)c1ccc(CN2C(=O)C3CC(OC)C(OC)CC3N(Cc3ccc(Cl)cc3)C2=O)cc1. The molecule has 1 aliphatic carbocycles. The lowest BCUT2D eigenvalue weighted by atomic mass is 9.77. The fourth-order valence-corrected chi connectivity index (χ4v) is 5.48. The van der Waals surface area contributed by atoms with Gasteiger partial charge >= 0.3 is 6.03 Å². The van der Waals surface area contributed by atoms with Crippen molar-refractivity contribution in [3.63, 3.8) is 0 Å². The number of hydrogen-bond acceptors (Lipinski definition) is 5. The molecule has 8 nitrogen and oxygen atoms in total. The minimum Gasteiger partial charge on any atom is -0.379 e. The van der Waals surface area contributed by atoms with E-state index >= 15 is 0 Å². The van der Waals surface area contributed by atoms with Gasteiger partial charge in [-0.05, 0) is 54.7 Å². The maximum absolute atomic E-state index is 13.8. The molecule has 0 bridgehead atoms. The number of fused-ring (bicyclic) bond motifs is 1. The zero-order valence-electron chi connectivity index (χ0n) is 22.2. The average molecular weight is 542 g/mol. The third-order valence-corrected chi connectivity index (χ3v) is 7.80. The van der Waals surface area contributed by atoms with Crippen molar-refractivity contribution < 1.29 is 23.9 Å². The number of benzene rings is 2. The van der Waals surface area contributed by atoms with Gasteiger partial charge < -0.3 is 19.7 Å². The fraction of sp³-hybridized carbons (Fsp3) is 0.483. The Kier molecular flexibility index (Phi) is 9.41. The second-order valence-electron chi connectivity index (χ2n) is 9.96. The number of carbonyl (C=O) groups excluding carboxylic acids is 3. The highest BCUT2D eigenvalue weighted by molar-refractivity contribution is 6.30. The van der Waals surface area contributed by atoms with Gasteiger partial charge in [-0.25, -0.2) is 4.79 Å². The first-order chi connectivity index (χ1) is 18.4. The molecule has 4 rings (SSSR count). The first-order valence-electron chi connectivity index (χ1n) is 13.1. The molecule has 1 saturated carbocycles. The van der Waals surface area contributed by atoms with Crippen molar-refractivity contribution in [2.75, 3.05) is 20.8 Å². The van der Waals surface area contributed by atoms with E-state index in [0.29, 0.717) is 36.5 Å². The number of rotatable bonds is 10. The molecule has 1 N–H and O–H groups in total. The van der Waals surface area contributed by atoms with Crippen LogP contribution < -0.4 is 5.32 Å². The van der Waals surface area contributed by atoms with Gasteiger partial charge in [-0.1, -0.05) is 49.2 Å². The summed E-state index contributed by atoms with van der Waals surface area (Å²) < 4.78 is 11.3. The summed E-state index contributed by atoms with van der Waals surface area (Å²) in [5.74, 6) is -0.738. The molecular formula is C29H36ClN3O5. The van der Waals surface area contributed by atoms with Crippen LogP contribution in [0.4, 0.5) is 4.79 Å². The van der Waals surface area contributed by atoms with Crippen molar-refractivity contribution in [1.82, 2.24) is 15.1 Å². The predicted molar refractivity (Wildman–Crippen MR) is 145 cm³/mol.